The summed E-state index contributed by atoms with van der Waals surface area (Å²) in [4.78, 5) is 51.0. The summed E-state index contributed by atoms with van der Waals surface area (Å²) in [5.74, 6) is -2.71. The molecule has 3 rings (SSSR count). The fourth-order valence-electron chi connectivity index (χ4n) is 3.82. The molecule has 1 aliphatic heterocycles. The summed E-state index contributed by atoms with van der Waals surface area (Å²) in [5, 5.41) is 22.0. The van der Waals surface area contributed by atoms with Crippen molar-refractivity contribution in [3.05, 3.63) is 68.7 Å². The Bertz CT molecular complexity index is 1100. The Labute approximate surface area is 182 Å². The molecule has 9 nitrogen and oxygen atoms in total. The molecule has 1 aromatic carbocycles. The molecule has 1 aromatic heterocycles. The fourth-order valence-corrected chi connectivity index (χ4v) is 3.82. The first-order valence-electron chi connectivity index (χ1n) is 10.4. The molecule has 10 heteroatoms. The summed E-state index contributed by atoms with van der Waals surface area (Å²) >= 11 is 0. The average molecular weight is 448 g/mol. The summed E-state index contributed by atoms with van der Waals surface area (Å²) in [6.07, 6.45) is -2.92. The van der Waals surface area contributed by atoms with Crippen LogP contribution in [0.25, 0.3) is 0 Å². The molecule has 1 fully saturated rings. The van der Waals surface area contributed by atoms with Crippen molar-refractivity contribution in [2.75, 3.05) is 0 Å². The summed E-state index contributed by atoms with van der Waals surface area (Å²) in [5.41, 5.74) is -4.41. The van der Waals surface area contributed by atoms with Gasteiger partial charge >= 0.3 is 5.69 Å². The molecular formula is C22H25FN2O7. The minimum atomic E-state index is -2.30. The number of aromatic amines is 1. The zero-order valence-corrected chi connectivity index (χ0v) is 17.5. The highest BCUT2D eigenvalue weighted by Crippen LogP contribution is 2.40. The average Bonchev–Trinajstić information content (AvgIpc) is 3.14. The van der Waals surface area contributed by atoms with Gasteiger partial charge in [-0.1, -0.05) is 50.1 Å². The zero-order valence-electron chi connectivity index (χ0n) is 17.5. The number of unbranched alkanes of at least 4 members (excludes halogenated alkanes) is 2. The summed E-state index contributed by atoms with van der Waals surface area (Å²) in [7, 11) is 0. The molecule has 2 aromatic rings. The second kappa shape index (κ2) is 9.68. The molecule has 0 radical (unpaired) electrons. The molecule has 4 atom stereocenters. The Morgan fingerprint density at radius 3 is 2.62 bits per heavy atom. The Morgan fingerprint density at radius 1 is 1.28 bits per heavy atom. The van der Waals surface area contributed by atoms with E-state index < -0.39 is 59.1 Å². The molecule has 3 N–H and O–H groups in total. The Kier molecular flexibility index (Phi) is 7.17. The Balaban J connectivity index is 1.97. The summed E-state index contributed by atoms with van der Waals surface area (Å²) < 4.78 is 20.1. The quantitative estimate of drug-likeness (QED) is 0.385. The molecule has 1 saturated heterocycles. The summed E-state index contributed by atoms with van der Waals surface area (Å²) in [6, 6.07) is 7.77. The number of rotatable bonds is 9. The molecule has 0 amide bonds. The highest BCUT2D eigenvalue weighted by atomic mass is 19.1. The molecule has 1 aliphatic rings. The predicted octanol–water partition coefficient (Wildman–Crippen LogP) is 1.09. The van der Waals surface area contributed by atoms with Crippen molar-refractivity contribution in [2.45, 2.75) is 63.1 Å². The lowest BCUT2D eigenvalue weighted by Crippen LogP contribution is -2.53. The van der Waals surface area contributed by atoms with Gasteiger partial charge in [0.25, 0.3) is 5.56 Å². The van der Waals surface area contributed by atoms with E-state index in [0.29, 0.717) is 17.2 Å². The second-order valence-corrected chi connectivity index (χ2v) is 7.84. The highest BCUT2D eigenvalue weighted by molar-refractivity contribution is 6.01. The number of aromatic nitrogens is 2. The molecule has 2 heterocycles. The van der Waals surface area contributed by atoms with Gasteiger partial charge in [0.05, 0.1) is 6.20 Å². The smallest absolute Gasteiger partial charge is 0.330 e. The SMILES string of the molecule is CCCCCC(=O)[C@]1(O)C[C@H](n2cc(F)c(=O)[nH]c2=O)O[C@@H]1C(O)C(=O)c1ccccc1. The van der Waals surface area contributed by atoms with Crippen LogP contribution in [0.4, 0.5) is 4.39 Å². The van der Waals surface area contributed by atoms with E-state index in [1.54, 1.807) is 23.2 Å². The normalized spacial score (nSPS) is 23.8. The maximum Gasteiger partial charge on any atom is 0.330 e. The molecule has 1 unspecified atom stereocenters. The number of ketones is 2. The fraction of sp³-hybridized carbons (Fsp3) is 0.455. The Morgan fingerprint density at radius 2 is 1.97 bits per heavy atom. The number of nitrogens with zero attached hydrogens (tertiary/aromatic N) is 1. The molecule has 32 heavy (non-hydrogen) atoms. The van der Waals surface area contributed by atoms with Crippen LogP contribution < -0.4 is 11.2 Å². The topological polar surface area (TPSA) is 139 Å². The number of H-pyrrole nitrogens is 1. The van der Waals surface area contributed by atoms with Crippen LogP contribution in [0.2, 0.25) is 0 Å². The molecule has 172 valence electrons. The molecule has 0 bridgehead atoms. The van der Waals surface area contributed by atoms with E-state index >= 15 is 0 Å². The molecule has 0 aliphatic carbocycles. The van der Waals surface area contributed by atoms with Crippen LogP contribution in [0.5, 0.6) is 0 Å². The van der Waals surface area contributed by atoms with Crippen LogP contribution >= 0.6 is 0 Å². The van der Waals surface area contributed by atoms with Crippen molar-refractivity contribution >= 4 is 11.6 Å². The van der Waals surface area contributed by atoms with Gasteiger partial charge < -0.3 is 14.9 Å². The number of hydrogen-bond acceptors (Lipinski definition) is 7. The van der Waals surface area contributed by atoms with Crippen molar-refractivity contribution < 1.29 is 28.9 Å². The predicted molar refractivity (Wildman–Crippen MR) is 111 cm³/mol. The van der Waals surface area contributed by atoms with E-state index in [-0.39, 0.29) is 12.0 Å². The van der Waals surface area contributed by atoms with Gasteiger partial charge in [0.2, 0.25) is 5.82 Å². The van der Waals surface area contributed by atoms with Gasteiger partial charge in [-0.15, -0.1) is 0 Å². The molecule has 0 saturated carbocycles. The summed E-state index contributed by atoms with van der Waals surface area (Å²) in [6.45, 7) is 1.94. The maximum atomic E-state index is 13.8. The van der Waals surface area contributed by atoms with Gasteiger partial charge in [0.1, 0.15) is 18.4 Å². The van der Waals surface area contributed by atoms with Crippen molar-refractivity contribution in [2.24, 2.45) is 0 Å². The largest absolute Gasteiger partial charge is 0.382 e. The molecular weight excluding hydrogens is 423 g/mol. The maximum absolute atomic E-state index is 13.8. The third-order valence-electron chi connectivity index (χ3n) is 5.60. The van der Waals surface area contributed by atoms with Crippen LogP contribution in [0.1, 0.15) is 55.6 Å². The van der Waals surface area contributed by atoms with Crippen molar-refractivity contribution in [3.8, 4) is 0 Å². The van der Waals surface area contributed by atoms with Gasteiger partial charge in [-0.05, 0) is 6.42 Å². The van der Waals surface area contributed by atoms with Crippen molar-refractivity contribution in [3.63, 3.8) is 0 Å². The van der Waals surface area contributed by atoms with Crippen LogP contribution in [0, 0.1) is 5.82 Å². The van der Waals surface area contributed by atoms with Gasteiger partial charge in [-0.3, -0.25) is 23.9 Å². The van der Waals surface area contributed by atoms with Gasteiger partial charge in [-0.25, -0.2) is 4.79 Å². The second-order valence-electron chi connectivity index (χ2n) is 7.84. The first kappa shape index (κ1) is 23.7. The van der Waals surface area contributed by atoms with E-state index in [1.807, 2.05) is 6.92 Å². The van der Waals surface area contributed by atoms with Crippen molar-refractivity contribution in [1.29, 1.82) is 0 Å². The van der Waals surface area contributed by atoms with Crippen molar-refractivity contribution in [1.82, 2.24) is 9.55 Å². The number of aliphatic hydroxyl groups excluding tert-OH is 1. The number of ether oxygens (including phenoxy) is 1. The number of carbonyl (C=O) groups is 2. The van der Waals surface area contributed by atoms with E-state index in [4.69, 9.17) is 4.74 Å². The zero-order chi connectivity index (χ0) is 23.5. The standard InChI is InChI=1S/C22H25FN2O7/c1-2-3-5-10-15(26)22(31)11-16(25-12-14(23)20(29)24-21(25)30)32-19(22)18(28)17(27)13-8-6-4-7-9-13/h4,6-9,12,16,18-19,28,31H,2-3,5,10-11H2,1H3,(H,24,29,30)/t16-,18?,19-,22-/m1/s1. The monoisotopic (exact) mass is 448 g/mol. The van der Waals surface area contributed by atoms with Gasteiger partial charge in [-0.2, -0.15) is 4.39 Å². The number of hydrogen-bond donors (Lipinski definition) is 3. The van der Waals surface area contributed by atoms with E-state index in [9.17, 15) is 33.8 Å². The first-order chi connectivity index (χ1) is 15.2. The van der Waals surface area contributed by atoms with Crippen LogP contribution in [-0.4, -0.2) is 49.1 Å². The number of benzene rings is 1. The van der Waals surface area contributed by atoms with E-state index in [1.165, 1.54) is 12.1 Å². The first-order valence-corrected chi connectivity index (χ1v) is 10.4. The van der Waals surface area contributed by atoms with E-state index in [0.717, 1.165) is 12.8 Å². The number of nitrogens with one attached hydrogen (secondary N) is 1. The van der Waals surface area contributed by atoms with Gasteiger partial charge in [0, 0.05) is 18.4 Å². The third kappa shape index (κ3) is 4.62. The number of carbonyl (C=O) groups excluding carboxylic acids is 2. The van der Waals surface area contributed by atoms with Crippen LogP contribution in [0.15, 0.2) is 46.1 Å². The minimum absolute atomic E-state index is 0.0297. The third-order valence-corrected chi connectivity index (χ3v) is 5.60. The number of aliphatic hydroxyl groups is 2. The lowest BCUT2D eigenvalue weighted by molar-refractivity contribution is -0.150. The highest BCUT2D eigenvalue weighted by Gasteiger charge is 2.57. The lowest BCUT2D eigenvalue weighted by Gasteiger charge is -2.29. The lowest BCUT2D eigenvalue weighted by atomic mass is 9.83. The van der Waals surface area contributed by atoms with Crippen LogP contribution in [0.3, 0.4) is 0 Å². The minimum Gasteiger partial charge on any atom is -0.382 e. The number of halogens is 1. The van der Waals surface area contributed by atoms with Gasteiger partial charge in [0.15, 0.2) is 17.2 Å². The molecule has 0 spiro atoms. The van der Waals surface area contributed by atoms with E-state index in [2.05, 4.69) is 0 Å². The number of Topliss-reactive ketones (excluding diaryl/α,β-unsaturated/α-hetero) is 2. The Hall–Kier alpha value is -2.95. The van der Waals surface area contributed by atoms with Crippen LogP contribution in [-0.2, 0) is 9.53 Å².